The number of benzene rings is 12. The molecule has 0 saturated heterocycles. The topological polar surface area (TPSA) is 9.72 Å². The molecule has 418 valence electrons. The number of para-hydroxylation sites is 5. The van der Waals surface area contributed by atoms with Crippen LogP contribution in [0.4, 0.5) is 45.5 Å². The second kappa shape index (κ2) is 25.9. The van der Waals surface area contributed by atoms with Gasteiger partial charge in [0.2, 0.25) is 0 Å². The van der Waals surface area contributed by atoms with E-state index in [4.69, 9.17) is 0 Å². The summed E-state index contributed by atoms with van der Waals surface area (Å²) in [7, 11) is 0. The van der Waals surface area contributed by atoms with E-state index in [2.05, 4.69) is 380 Å². The summed E-state index contributed by atoms with van der Waals surface area (Å²) in [6, 6.07) is 117. The van der Waals surface area contributed by atoms with Gasteiger partial charge in [-0.05, 0) is 188 Å². The summed E-state index contributed by atoms with van der Waals surface area (Å²) in [6.07, 6.45) is 11.8. The number of anilines is 8. The number of hydrogen-bond donors (Lipinski definition) is 0. The van der Waals surface area contributed by atoms with Crippen LogP contribution in [-0.2, 0) is 0 Å². The molecule has 12 aromatic rings. The van der Waals surface area contributed by atoms with E-state index < -0.39 is 0 Å². The Hall–Kier alpha value is -11.0. The lowest BCUT2D eigenvalue weighted by Crippen LogP contribution is -2.15. The van der Waals surface area contributed by atoms with Crippen molar-refractivity contribution in [2.45, 2.75) is 26.2 Å². The first-order valence-corrected chi connectivity index (χ1v) is 30.2. The SMILES string of the molecule is CC(C)c1ccc(/C(=C(\c2ccc(-c3ccc(N(C4=CCC=CC=C4)c4ccccc4)cc3)cc2)c2ccc(-c3ccc(N(c4ccccc4)c4ccccc4)cc3)cc2)c2ccc(-c3ccc(N(c4ccccc4)c4ccccc4)cc3)cc2)cc1. The van der Waals surface area contributed by atoms with Crippen molar-refractivity contribution in [1.82, 2.24) is 0 Å². The summed E-state index contributed by atoms with van der Waals surface area (Å²) in [5.41, 5.74) is 25.2. The van der Waals surface area contributed by atoms with Gasteiger partial charge in [0.25, 0.3) is 0 Å². The van der Waals surface area contributed by atoms with Gasteiger partial charge in [-0.1, -0.05) is 263 Å². The Morgan fingerprint density at radius 1 is 0.264 bits per heavy atom. The summed E-state index contributed by atoms with van der Waals surface area (Å²) < 4.78 is 0. The molecule has 0 N–H and O–H groups in total. The third-order valence-electron chi connectivity index (χ3n) is 16.3. The molecule has 87 heavy (non-hydrogen) atoms. The predicted molar refractivity (Wildman–Crippen MR) is 370 cm³/mol. The van der Waals surface area contributed by atoms with E-state index >= 15 is 0 Å². The molecule has 1 aliphatic carbocycles. The molecule has 3 nitrogen and oxygen atoms in total. The minimum Gasteiger partial charge on any atom is -0.311 e. The van der Waals surface area contributed by atoms with Crippen LogP contribution in [0, 0.1) is 0 Å². The lowest BCUT2D eigenvalue weighted by Gasteiger charge is -2.26. The Kier molecular flexibility index (Phi) is 16.4. The zero-order valence-corrected chi connectivity index (χ0v) is 49.1. The lowest BCUT2D eigenvalue weighted by molar-refractivity contribution is 0.866. The van der Waals surface area contributed by atoms with Crippen molar-refractivity contribution in [3.05, 3.63) is 385 Å². The van der Waals surface area contributed by atoms with Gasteiger partial charge in [-0.25, -0.2) is 0 Å². The number of nitrogens with zero attached hydrogens (tertiary/aromatic N) is 3. The first-order chi connectivity index (χ1) is 43.0. The fourth-order valence-electron chi connectivity index (χ4n) is 11.8. The molecule has 0 unspecified atom stereocenters. The van der Waals surface area contributed by atoms with Crippen LogP contribution in [0.2, 0.25) is 0 Å². The summed E-state index contributed by atoms with van der Waals surface area (Å²) >= 11 is 0. The van der Waals surface area contributed by atoms with Gasteiger partial charge >= 0.3 is 0 Å². The second-order valence-electron chi connectivity index (χ2n) is 22.2. The van der Waals surface area contributed by atoms with E-state index in [1.54, 1.807) is 0 Å². The average molecular weight is 1120 g/mol. The van der Waals surface area contributed by atoms with Crippen molar-refractivity contribution >= 4 is 56.6 Å². The van der Waals surface area contributed by atoms with Gasteiger partial charge in [0.1, 0.15) is 0 Å². The van der Waals surface area contributed by atoms with Gasteiger partial charge in [0.05, 0.1) is 0 Å². The predicted octanol–water partition coefficient (Wildman–Crippen LogP) is 23.3. The zero-order chi connectivity index (χ0) is 58.7. The third kappa shape index (κ3) is 12.3. The van der Waals surface area contributed by atoms with E-state index in [1.807, 2.05) is 0 Å². The molecule has 13 rings (SSSR count). The van der Waals surface area contributed by atoms with Gasteiger partial charge in [-0.3, -0.25) is 0 Å². The second-order valence-corrected chi connectivity index (χ2v) is 22.2. The smallest absolute Gasteiger partial charge is 0.0462 e. The van der Waals surface area contributed by atoms with E-state index in [0.29, 0.717) is 5.92 Å². The van der Waals surface area contributed by atoms with Gasteiger partial charge < -0.3 is 14.7 Å². The highest BCUT2D eigenvalue weighted by Crippen LogP contribution is 2.42. The molecule has 0 bridgehead atoms. The Morgan fingerprint density at radius 3 is 0.816 bits per heavy atom. The van der Waals surface area contributed by atoms with Crippen LogP contribution in [0.25, 0.3) is 44.5 Å². The molecular formula is C84H67N3. The van der Waals surface area contributed by atoms with E-state index in [1.165, 1.54) is 11.1 Å². The zero-order valence-electron chi connectivity index (χ0n) is 49.1. The molecule has 0 radical (unpaired) electrons. The van der Waals surface area contributed by atoms with Crippen LogP contribution >= 0.6 is 0 Å². The number of rotatable bonds is 17. The fourth-order valence-corrected chi connectivity index (χ4v) is 11.8. The quantitative estimate of drug-likeness (QED) is 0.0842. The number of hydrogen-bond acceptors (Lipinski definition) is 3. The summed E-state index contributed by atoms with van der Waals surface area (Å²) in [5.74, 6) is 0.400. The molecule has 3 heteroatoms. The summed E-state index contributed by atoms with van der Waals surface area (Å²) in [5, 5.41) is 0. The van der Waals surface area contributed by atoms with Crippen LogP contribution in [0.3, 0.4) is 0 Å². The van der Waals surface area contributed by atoms with Crippen LogP contribution in [0.5, 0.6) is 0 Å². The van der Waals surface area contributed by atoms with Gasteiger partial charge in [-0.15, -0.1) is 0 Å². The first-order valence-electron chi connectivity index (χ1n) is 30.2. The Balaban J connectivity index is 0.891. The molecule has 0 spiro atoms. The Labute approximate surface area is 513 Å². The maximum absolute atomic E-state index is 2.34. The highest BCUT2D eigenvalue weighted by atomic mass is 15.2. The Bertz CT molecular complexity index is 4250. The number of allylic oxidation sites excluding steroid dienone is 5. The molecule has 0 aromatic heterocycles. The maximum atomic E-state index is 2.34. The van der Waals surface area contributed by atoms with Crippen LogP contribution in [0.1, 0.15) is 54.0 Å². The van der Waals surface area contributed by atoms with Crippen molar-refractivity contribution in [1.29, 1.82) is 0 Å². The maximum Gasteiger partial charge on any atom is 0.0462 e. The van der Waals surface area contributed by atoms with Crippen LogP contribution < -0.4 is 14.7 Å². The monoisotopic (exact) mass is 1120 g/mol. The fraction of sp³-hybridized carbons (Fsp3) is 0.0476. The molecule has 0 heterocycles. The first kappa shape index (κ1) is 55.2. The van der Waals surface area contributed by atoms with Crippen molar-refractivity contribution in [3.8, 4) is 33.4 Å². The van der Waals surface area contributed by atoms with Gasteiger partial charge in [0.15, 0.2) is 0 Å². The van der Waals surface area contributed by atoms with Crippen molar-refractivity contribution in [3.63, 3.8) is 0 Å². The third-order valence-corrected chi connectivity index (χ3v) is 16.3. The molecular weight excluding hydrogens is 1050 g/mol. The van der Waals surface area contributed by atoms with Crippen molar-refractivity contribution in [2.24, 2.45) is 0 Å². The summed E-state index contributed by atoms with van der Waals surface area (Å²) in [4.78, 5) is 6.95. The average Bonchev–Trinajstić information content (AvgIpc) is 3.26. The van der Waals surface area contributed by atoms with E-state index in [9.17, 15) is 0 Å². The highest BCUT2D eigenvalue weighted by molar-refractivity contribution is 6.05. The molecule has 1 aliphatic rings. The molecule has 0 saturated carbocycles. The van der Waals surface area contributed by atoms with Crippen LogP contribution in [-0.4, -0.2) is 0 Å². The normalized spacial score (nSPS) is 12.2. The standard InChI is InChI=1S/C84H67N3/c1-62(2)63-34-42-70(43-35-63)83(71-44-36-64(37-45-71)68-52-58-81(59-53-68)86(76-26-14-6-15-27-76)77-28-16-7-17-29-77)84(73-48-40-66(41-49-73)69-54-60-82(61-55-69)87(78-30-18-8-19-31-78)79-32-20-9-21-33-79)72-46-38-65(39-47-72)67-50-56-80(57-51-67)85(75-24-12-5-13-25-75)74-22-10-3-4-11-23-74/h3-10,12-62H,11H2,1-2H3/b84-83-. The molecule has 0 aliphatic heterocycles. The molecule has 0 atom stereocenters. The minimum absolute atomic E-state index is 0.400. The largest absolute Gasteiger partial charge is 0.311 e. The minimum atomic E-state index is 0.400. The molecule has 0 amide bonds. The van der Waals surface area contributed by atoms with Crippen molar-refractivity contribution in [2.75, 3.05) is 14.7 Å². The summed E-state index contributed by atoms with van der Waals surface area (Å²) in [6.45, 7) is 4.53. The Morgan fingerprint density at radius 2 is 0.517 bits per heavy atom. The van der Waals surface area contributed by atoms with E-state index in [0.717, 1.165) is 119 Å². The van der Waals surface area contributed by atoms with Gasteiger partial charge in [0, 0.05) is 51.2 Å². The van der Waals surface area contributed by atoms with Crippen LogP contribution in [0.15, 0.2) is 358 Å². The lowest BCUT2D eigenvalue weighted by atomic mass is 9.84. The molecule has 12 aromatic carbocycles. The highest BCUT2D eigenvalue weighted by Gasteiger charge is 2.20. The van der Waals surface area contributed by atoms with Gasteiger partial charge in [-0.2, -0.15) is 0 Å². The van der Waals surface area contributed by atoms with Crippen molar-refractivity contribution < 1.29 is 0 Å². The molecule has 0 fully saturated rings. The van der Waals surface area contributed by atoms with E-state index in [-0.39, 0.29) is 0 Å².